The van der Waals surface area contributed by atoms with Crippen LogP contribution in [0.4, 0.5) is 0 Å². The van der Waals surface area contributed by atoms with Crippen molar-refractivity contribution >= 4 is 32.6 Å². The third-order valence-electron chi connectivity index (χ3n) is 5.86. The van der Waals surface area contributed by atoms with E-state index in [1.54, 1.807) is 7.05 Å². The summed E-state index contributed by atoms with van der Waals surface area (Å²) in [5, 5.41) is 0.730. The minimum absolute atomic E-state index is 0.0432. The van der Waals surface area contributed by atoms with E-state index in [2.05, 4.69) is 4.98 Å². The molecule has 0 bridgehead atoms. The predicted molar refractivity (Wildman–Crippen MR) is 108 cm³/mol. The second kappa shape index (κ2) is 7.40. The highest BCUT2D eigenvalue weighted by Crippen LogP contribution is 2.30. The molecule has 8 heteroatoms. The topological polar surface area (TPSA) is 93.6 Å². The molecule has 1 aliphatic heterocycles. The highest BCUT2D eigenvalue weighted by molar-refractivity contribution is 7.91. The number of pyridine rings is 1. The molecule has 4 rings (SSSR count). The Morgan fingerprint density at radius 3 is 2.72 bits per heavy atom. The Labute approximate surface area is 170 Å². The van der Waals surface area contributed by atoms with Crippen molar-refractivity contribution in [2.24, 2.45) is 0 Å². The average Bonchev–Trinajstić information content (AvgIpc) is 3.30. The molecule has 0 spiro atoms. The number of ether oxygens (including phenoxy) is 1. The molecule has 154 valence electrons. The SMILES string of the molecule is C[C@H](OC(=O)c1c2c(nc3ccccc13)CCC2)C(=O)N(C)[C@H]1CCS(=O)(=O)C1. The number of aryl methyl sites for hydroxylation is 1. The number of hydrogen-bond acceptors (Lipinski definition) is 6. The predicted octanol–water partition coefficient (Wildman–Crippen LogP) is 1.91. The lowest BCUT2D eigenvalue weighted by atomic mass is 10.0. The number of carbonyl (C=O) groups is 2. The second-order valence-corrected chi connectivity index (χ2v) is 10.1. The van der Waals surface area contributed by atoms with Gasteiger partial charge in [0.15, 0.2) is 15.9 Å². The molecule has 0 saturated carbocycles. The van der Waals surface area contributed by atoms with Gasteiger partial charge >= 0.3 is 5.97 Å². The van der Waals surface area contributed by atoms with Gasteiger partial charge in [0, 0.05) is 24.2 Å². The molecule has 1 aliphatic carbocycles. The van der Waals surface area contributed by atoms with Crippen LogP contribution in [0.2, 0.25) is 0 Å². The highest BCUT2D eigenvalue weighted by Gasteiger charge is 2.35. The molecule has 2 atom stereocenters. The number of fused-ring (bicyclic) bond motifs is 2. The maximum Gasteiger partial charge on any atom is 0.339 e. The van der Waals surface area contributed by atoms with Gasteiger partial charge in [0.05, 0.1) is 22.6 Å². The third kappa shape index (κ3) is 3.73. The van der Waals surface area contributed by atoms with Gasteiger partial charge in [-0.3, -0.25) is 9.78 Å². The van der Waals surface area contributed by atoms with Crippen molar-refractivity contribution in [3.8, 4) is 0 Å². The van der Waals surface area contributed by atoms with E-state index in [4.69, 9.17) is 4.74 Å². The Bertz CT molecular complexity index is 1100. The van der Waals surface area contributed by atoms with Crippen molar-refractivity contribution in [2.75, 3.05) is 18.6 Å². The first kappa shape index (κ1) is 19.8. The quantitative estimate of drug-likeness (QED) is 0.707. The van der Waals surface area contributed by atoms with Gasteiger partial charge in [-0.25, -0.2) is 13.2 Å². The molecular formula is C21H24N2O5S. The van der Waals surface area contributed by atoms with E-state index in [1.165, 1.54) is 11.8 Å². The average molecular weight is 416 g/mol. The zero-order chi connectivity index (χ0) is 20.8. The van der Waals surface area contributed by atoms with E-state index >= 15 is 0 Å². The maximum absolute atomic E-state index is 13.1. The molecule has 2 aliphatic rings. The van der Waals surface area contributed by atoms with Gasteiger partial charge < -0.3 is 9.64 Å². The Hall–Kier alpha value is -2.48. The standard InChI is InChI=1S/C21H24N2O5S/c1-13(20(24)23(2)14-10-11-29(26,27)12-14)28-21(25)19-15-6-3-4-8-17(15)22-18-9-5-7-16(18)19/h3-4,6,8,13-14H,5,7,9-12H2,1-2H3/t13-,14-/m0/s1. The van der Waals surface area contributed by atoms with Crippen LogP contribution in [-0.4, -0.2) is 60.9 Å². The summed E-state index contributed by atoms with van der Waals surface area (Å²) >= 11 is 0. The smallest absolute Gasteiger partial charge is 0.339 e. The summed E-state index contributed by atoms with van der Waals surface area (Å²) in [7, 11) is -1.54. The Morgan fingerprint density at radius 2 is 2.00 bits per heavy atom. The molecule has 2 heterocycles. The summed E-state index contributed by atoms with van der Waals surface area (Å²) in [6, 6.07) is 7.07. The number of nitrogens with zero attached hydrogens (tertiary/aromatic N) is 2. The maximum atomic E-state index is 13.1. The van der Waals surface area contributed by atoms with Gasteiger partial charge in [0.25, 0.3) is 5.91 Å². The Balaban J connectivity index is 1.56. The minimum atomic E-state index is -3.11. The first-order valence-corrected chi connectivity index (χ1v) is 11.7. The number of esters is 1. The molecule has 2 aromatic rings. The largest absolute Gasteiger partial charge is 0.449 e. The van der Waals surface area contributed by atoms with E-state index in [-0.39, 0.29) is 17.5 Å². The fourth-order valence-corrected chi connectivity index (χ4v) is 6.04. The van der Waals surface area contributed by atoms with Gasteiger partial charge in [-0.15, -0.1) is 0 Å². The normalized spacial score (nSPS) is 21.0. The van der Waals surface area contributed by atoms with E-state index in [1.807, 2.05) is 24.3 Å². The fraction of sp³-hybridized carbons (Fsp3) is 0.476. The zero-order valence-electron chi connectivity index (χ0n) is 16.6. The molecule has 0 unspecified atom stereocenters. The molecule has 29 heavy (non-hydrogen) atoms. The summed E-state index contributed by atoms with van der Waals surface area (Å²) in [5.74, 6) is -0.887. The van der Waals surface area contributed by atoms with Crippen molar-refractivity contribution in [1.29, 1.82) is 0 Å². The van der Waals surface area contributed by atoms with Crippen molar-refractivity contribution < 1.29 is 22.7 Å². The second-order valence-electron chi connectivity index (χ2n) is 7.84. The lowest BCUT2D eigenvalue weighted by Gasteiger charge is -2.26. The van der Waals surface area contributed by atoms with Gasteiger partial charge in [-0.2, -0.15) is 0 Å². The van der Waals surface area contributed by atoms with Crippen LogP contribution < -0.4 is 0 Å². The molecular weight excluding hydrogens is 392 g/mol. The number of hydrogen-bond donors (Lipinski definition) is 0. The van der Waals surface area contributed by atoms with E-state index in [0.717, 1.165) is 41.4 Å². The molecule has 1 amide bonds. The summed E-state index contributed by atoms with van der Waals surface area (Å²) < 4.78 is 29.0. The molecule has 1 aromatic heterocycles. The van der Waals surface area contributed by atoms with Crippen LogP contribution in [0.3, 0.4) is 0 Å². The van der Waals surface area contributed by atoms with Crippen molar-refractivity contribution in [1.82, 2.24) is 9.88 Å². The lowest BCUT2D eigenvalue weighted by molar-refractivity contribution is -0.140. The molecule has 0 radical (unpaired) electrons. The number of benzene rings is 1. The van der Waals surface area contributed by atoms with Crippen LogP contribution in [0.25, 0.3) is 10.9 Å². The number of para-hydroxylation sites is 1. The first-order chi connectivity index (χ1) is 13.8. The van der Waals surface area contributed by atoms with E-state index in [0.29, 0.717) is 12.0 Å². The summed E-state index contributed by atoms with van der Waals surface area (Å²) in [4.78, 5) is 31.9. The van der Waals surface area contributed by atoms with Crippen LogP contribution in [0.15, 0.2) is 24.3 Å². The zero-order valence-corrected chi connectivity index (χ0v) is 17.4. The molecule has 1 aromatic carbocycles. The van der Waals surface area contributed by atoms with Crippen LogP contribution in [0.5, 0.6) is 0 Å². The van der Waals surface area contributed by atoms with E-state index in [9.17, 15) is 18.0 Å². The number of carbonyl (C=O) groups excluding carboxylic acids is 2. The highest BCUT2D eigenvalue weighted by atomic mass is 32.2. The Morgan fingerprint density at radius 1 is 1.24 bits per heavy atom. The van der Waals surface area contributed by atoms with Crippen LogP contribution >= 0.6 is 0 Å². The van der Waals surface area contributed by atoms with Crippen molar-refractivity contribution in [3.05, 3.63) is 41.1 Å². The molecule has 0 N–H and O–H groups in total. The number of sulfone groups is 1. The van der Waals surface area contributed by atoms with Crippen molar-refractivity contribution in [3.63, 3.8) is 0 Å². The van der Waals surface area contributed by atoms with Gasteiger partial charge in [0.2, 0.25) is 0 Å². The van der Waals surface area contributed by atoms with Crippen LogP contribution in [-0.2, 0) is 32.2 Å². The fourth-order valence-electron chi connectivity index (χ4n) is 4.26. The number of rotatable bonds is 4. The summed E-state index contributed by atoms with van der Waals surface area (Å²) in [6.07, 6.45) is 1.94. The summed E-state index contributed by atoms with van der Waals surface area (Å²) in [6.45, 7) is 1.53. The van der Waals surface area contributed by atoms with Crippen LogP contribution in [0.1, 0.15) is 41.4 Å². The monoisotopic (exact) mass is 416 g/mol. The first-order valence-electron chi connectivity index (χ1n) is 9.85. The number of amides is 1. The lowest BCUT2D eigenvalue weighted by Crippen LogP contribution is -2.44. The third-order valence-corrected chi connectivity index (χ3v) is 7.61. The number of aromatic nitrogens is 1. The minimum Gasteiger partial charge on any atom is -0.449 e. The van der Waals surface area contributed by atoms with Crippen molar-refractivity contribution in [2.45, 2.75) is 44.8 Å². The van der Waals surface area contributed by atoms with E-state index < -0.39 is 27.8 Å². The summed E-state index contributed by atoms with van der Waals surface area (Å²) in [5.41, 5.74) is 3.06. The van der Waals surface area contributed by atoms with Crippen LogP contribution in [0, 0.1) is 0 Å². The van der Waals surface area contributed by atoms with Gasteiger partial charge in [0.1, 0.15) is 0 Å². The molecule has 1 saturated heterocycles. The molecule has 7 nitrogen and oxygen atoms in total. The molecule has 1 fully saturated rings. The van der Waals surface area contributed by atoms with Gasteiger partial charge in [-0.1, -0.05) is 18.2 Å². The number of likely N-dealkylation sites (N-methyl/N-ethyl adjacent to an activating group) is 1. The Kier molecular flexibility index (Phi) is 5.06. The van der Waals surface area contributed by atoms with Gasteiger partial charge in [-0.05, 0) is 44.2 Å².